The predicted molar refractivity (Wildman–Crippen MR) is 117 cm³/mol. The van der Waals surface area contributed by atoms with Crippen LogP contribution in [0.25, 0.3) is 10.9 Å². The van der Waals surface area contributed by atoms with E-state index in [1.807, 2.05) is 24.3 Å². The highest BCUT2D eigenvalue weighted by Crippen LogP contribution is 2.37. The largest absolute Gasteiger partial charge is 0.507 e. The zero-order valence-electron chi connectivity index (χ0n) is 18.0. The van der Waals surface area contributed by atoms with Gasteiger partial charge in [-0.3, -0.25) is 14.7 Å². The van der Waals surface area contributed by atoms with Gasteiger partial charge in [0.05, 0.1) is 11.1 Å². The Bertz CT molecular complexity index is 1070. The number of aromatic hydroxyl groups is 1. The average Bonchev–Trinajstić information content (AvgIpc) is 3.29. The number of carbonyl (C=O) groups is 2. The Kier molecular flexibility index (Phi) is 6.55. The highest BCUT2D eigenvalue weighted by molar-refractivity contribution is 6.03. The maximum Gasteiger partial charge on any atom is 0.258 e. The molecule has 0 radical (unpaired) electrons. The number of nitrogens with zero attached hydrogens (tertiary/aromatic N) is 2. The lowest BCUT2D eigenvalue weighted by Gasteiger charge is -2.23. The molecule has 1 aliphatic rings. The minimum Gasteiger partial charge on any atom is -0.507 e. The second kappa shape index (κ2) is 9.11. The van der Waals surface area contributed by atoms with E-state index < -0.39 is 6.04 Å². The molecule has 1 aromatic heterocycles. The Balaban J connectivity index is 0.000000806. The fourth-order valence-electron chi connectivity index (χ4n) is 3.88. The number of ketones is 1. The number of aromatic nitrogens is 2. The summed E-state index contributed by atoms with van der Waals surface area (Å²) in [4.78, 5) is 27.1. The molecular weight excluding hydrogens is 378 g/mol. The Morgan fingerprint density at radius 2 is 1.90 bits per heavy atom. The molecule has 2 N–H and O–H groups in total. The van der Waals surface area contributed by atoms with Crippen molar-refractivity contribution in [2.75, 3.05) is 0 Å². The van der Waals surface area contributed by atoms with Crippen LogP contribution in [0.3, 0.4) is 0 Å². The monoisotopic (exact) mass is 407 g/mol. The first-order chi connectivity index (χ1) is 14.4. The number of hydrogen-bond donors (Lipinski definition) is 2. The van der Waals surface area contributed by atoms with Crippen molar-refractivity contribution in [3.8, 4) is 5.75 Å². The van der Waals surface area contributed by atoms with E-state index in [1.54, 1.807) is 6.07 Å². The molecule has 2 aromatic carbocycles. The molecule has 6 nitrogen and oxygen atoms in total. The second-order valence-electron chi connectivity index (χ2n) is 7.69. The maximum atomic E-state index is 13.3. The van der Waals surface area contributed by atoms with Gasteiger partial charge in [-0.05, 0) is 30.5 Å². The second-order valence-corrected chi connectivity index (χ2v) is 7.69. The number of benzene rings is 2. The Hall–Kier alpha value is -3.15. The van der Waals surface area contributed by atoms with Crippen molar-refractivity contribution in [3.63, 3.8) is 0 Å². The fourth-order valence-corrected chi connectivity index (χ4v) is 3.88. The van der Waals surface area contributed by atoms with Gasteiger partial charge < -0.3 is 10.0 Å². The Morgan fingerprint density at radius 1 is 1.20 bits per heavy atom. The van der Waals surface area contributed by atoms with Gasteiger partial charge in [0.2, 0.25) is 0 Å². The minimum atomic E-state index is -0.622. The van der Waals surface area contributed by atoms with Crippen LogP contribution in [-0.4, -0.2) is 31.9 Å². The summed E-state index contributed by atoms with van der Waals surface area (Å²) >= 11 is 0. The van der Waals surface area contributed by atoms with Gasteiger partial charge in [0.15, 0.2) is 5.78 Å². The van der Waals surface area contributed by atoms with Crippen molar-refractivity contribution in [2.45, 2.75) is 59.5 Å². The van der Waals surface area contributed by atoms with Crippen LogP contribution in [0.4, 0.5) is 0 Å². The number of phenols is 1. The van der Waals surface area contributed by atoms with Crippen molar-refractivity contribution in [2.24, 2.45) is 0 Å². The van der Waals surface area contributed by atoms with E-state index in [-0.39, 0.29) is 23.0 Å². The molecule has 1 aliphatic heterocycles. The molecule has 3 aromatic rings. The van der Waals surface area contributed by atoms with Crippen LogP contribution in [-0.2, 0) is 17.8 Å². The number of fused-ring (bicyclic) bond motifs is 2. The van der Waals surface area contributed by atoms with Crippen LogP contribution >= 0.6 is 0 Å². The van der Waals surface area contributed by atoms with Crippen LogP contribution in [0.15, 0.2) is 36.4 Å². The molecule has 0 saturated heterocycles. The van der Waals surface area contributed by atoms with E-state index in [1.165, 1.54) is 24.3 Å². The number of carbonyl (C=O) groups excluding carboxylic acids is 2. The van der Waals surface area contributed by atoms with E-state index in [0.29, 0.717) is 12.1 Å². The Labute approximate surface area is 176 Å². The number of Topliss-reactive ketones (excluding diaryl/α,β-unsaturated/α-hetero) is 1. The summed E-state index contributed by atoms with van der Waals surface area (Å²) in [5.41, 5.74) is 3.57. The normalized spacial score (nSPS) is 14.9. The number of phenolic OH excluding ortho intramolecular Hbond substituents is 1. The van der Waals surface area contributed by atoms with Crippen molar-refractivity contribution in [3.05, 3.63) is 58.8 Å². The summed E-state index contributed by atoms with van der Waals surface area (Å²) in [6.07, 6.45) is 3.00. The SMILES string of the molecule is CCC.CCCc1[nH]nc2cc(O)c(C(=O)N3Cc4ccccc4C3C(C)=O)cc12. The Morgan fingerprint density at radius 3 is 2.57 bits per heavy atom. The molecule has 0 spiro atoms. The van der Waals surface area contributed by atoms with Crippen LogP contribution in [0.5, 0.6) is 5.75 Å². The molecule has 1 amide bonds. The highest BCUT2D eigenvalue weighted by atomic mass is 16.3. The number of H-pyrrole nitrogens is 1. The van der Waals surface area contributed by atoms with Crippen molar-refractivity contribution in [1.29, 1.82) is 0 Å². The number of amides is 1. The number of aromatic amines is 1. The quantitative estimate of drug-likeness (QED) is 0.642. The van der Waals surface area contributed by atoms with E-state index in [9.17, 15) is 14.7 Å². The molecule has 0 aliphatic carbocycles. The summed E-state index contributed by atoms with van der Waals surface area (Å²) in [6.45, 7) is 8.16. The summed E-state index contributed by atoms with van der Waals surface area (Å²) in [7, 11) is 0. The van der Waals surface area contributed by atoms with E-state index in [4.69, 9.17) is 0 Å². The van der Waals surface area contributed by atoms with Crippen LogP contribution in [0.1, 0.15) is 73.8 Å². The summed E-state index contributed by atoms with van der Waals surface area (Å²) < 4.78 is 0. The number of aryl methyl sites for hydroxylation is 1. The van der Waals surface area contributed by atoms with Gasteiger partial charge in [-0.2, -0.15) is 5.10 Å². The molecule has 0 fully saturated rings. The minimum absolute atomic E-state index is 0.0937. The number of nitrogens with one attached hydrogen (secondary N) is 1. The van der Waals surface area contributed by atoms with E-state index in [2.05, 4.69) is 31.0 Å². The maximum absolute atomic E-state index is 13.3. The van der Waals surface area contributed by atoms with Crippen molar-refractivity contribution >= 4 is 22.6 Å². The van der Waals surface area contributed by atoms with Gasteiger partial charge in [0.25, 0.3) is 5.91 Å². The lowest BCUT2D eigenvalue weighted by atomic mass is 10.0. The molecule has 0 bridgehead atoms. The lowest BCUT2D eigenvalue weighted by Crippen LogP contribution is -2.33. The third kappa shape index (κ3) is 3.95. The summed E-state index contributed by atoms with van der Waals surface area (Å²) in [6, 6.07) is 10.1. The first kappa shape index (κ1) is 21.6. The fraction of sp³-hybridized carbons (Fsp3) is 0.375. The molecule has 2 heterocycles. The zero-order chi connectivity index (χ0) is 21.8. The number of rotatable bonds is 4. The van der Waals surface area contributed by atoms with Gasteiger partial charge in [-0.25, -0.2) is 0 Å². The smallest absolute Gasteiger partial charge is 0.258 e. The van der Waals surface area contributed by atoms with Crippen LogP contribution in [0.2, 0.25) is 0 Å². The first-order valence-corrected chi connectivity index (χ1v) is 10.5. The molecular formula is C24H29N3O3. The molecule has 6 heteroatoms. The molecule has 30 heavy (non-hydrogen) atoms. The molecule has 4 rings (SSSR count). The van der Waals surface area contributed by atoms with Crippen LogP contribution in [0, 0.1) is 0 Å². The first-order valence-electron chi connectivity index (χ1n) is 10.5. The summed E-state index contributed by atoms with van der Waals surface area (Å²) in [5.74, 6) is -0.571. The van der Waals surface area contributed by atoms with E-state index in [0.717, 1.165) is 35.0 Å². The number of hydrogen-bond acceptors (Lipinski definition) is 4. The van der Waals surface area contributed by atoms with Gasteiger partial charge in [0, 0.05) is 23.7 Å². The summed E-state index contributed by atoms with van der Waals surface area (Å²) in [5, 5.41) is 18.4. The van der Waals surface area contributed by atoms with Gasteiger partial charge >= 0.3 is 0 Å². The standard InChI is InChI=1S/C21H21N3O3.C3H8/c1-3-6-17-15-9-16(19(26)10-18(15)23-22-17)21(27)24-11-13-7-4-5-8-14(13)20(24)12(2)25;1-3-2/h4-5,7-10,20,26H,3,6,11H2,1-2H3,(H,22,23);3H2,1-2H3. The lowest BCUT2D eigenvalue weighted by molar-refractivity contribution is -0.121. The predicted octanol–water partition coefficient (Wildman–Crippen LogP) is 4.92. The van der Waals surface area contributed by atoms with Crippen molar-refractivity contribution < 1.29 is 14.7 Å². The molecule has 158 valence electrons. The topological polar surface area (TPSA) is 86.3 Å². The van der Waals surface area contributed by atoms with Gasteiger partial charge in [0.1, 0.15) is 11.8 Å². The van der Waals surface area contributed by atoms with Gasteiger partial charge in [-0.15, -0.1) is 0 Å². The van der Waals surface area contributed by atoms with Crippen LogP contribution < -0.4 is 0 Å². The third-order valence-corrected chi connectivity index (χ3v) is 5.13. The zero-order valence-corrected chi connectivity index (χ0v) is 18.0. The highest BCUT2D eigenvalue weighted by Gasteiger charge is 2.37. The third-order valence-electron chi connectivity index (χ3n) is 5.13. The molecule has 0 saturated carbocycles. The van der Waals surface area contributed by atoms with E-state index >= 15 is 0 Å². The average molecular weight is 408 g/mol. The van der Waals surface area contributed by atoms with Crippen molar-refractivity contribution in [1.82, 2.24) is 15.1 Å². The van der Waals surface area contributed by atoms with Gasteiger partial charge in [-0.1, -0.05) is 57.9 Å². The molecule has 1 unspecified atom stereocenters. The molecule has 1 atom stereocenters.